The Morgan fingerprint density at radius 2 is 2.11 bits per heavy atom. The van der Waals surface area contributed by atoms with E-state index < -0.39 is 6.10 Å². The second kappa shape index (κ2) is 6.97. The molecule has 0 fully saturated rings. The maximum Gasteiger partial charge on any atom is 0.128 e. The van der Waals surface area contributed by atoms with Crippen LogP contribution in [0.25, 0.3) is 0 Å². The summed E-state index contributed by atoms with van der Waals surface area (Å²) in [5, 5.41) is 18.1. The van der Waals surface area contributed by atoms with Gasteiger partial charge in [0.2, 0.25) is 0 Å². The molecular formula is C14H21N3O. The predicted octanol–water partition coefficient (Wildman–Crippen LogP) is 2.51. The molecule has 98 valence electrons. The second-order valence-corrected chi connectivity index (χ2v) is 4.87. The first-order valence-electron chi connectivity index (χ1n) is 6.30. The summed E-state index contributed by atoms with van der Waals surface area (Å²) in [5.74, 6) is 1.38. The molecule has 1 aromatic heterocycles. The van der Waals surface area contributed by atoms with E-state index in [1.165, 1.54) is 0 Å². The highest BCUT2D eigenvalue weighted by Gasteiger charge is 2.10. The van der Waals surface area contributed by atoms with Crippen LogP contribution in [0.3, 0.4) is 0 Å². The molecule has 4 heteroatoms. The van der Waals surface area contributed by atoms with E-state index in [0.29, 0.717) is 18.9 Å². The predicted molar refractivity (Wildman–Crippen MR) is 72.2 cm³/mol. The van der Waals surface area contributed by atoms with Crippen LogP contribution in [0.5, 0.6) is 0 Å². The van der Waals surface area contributed by atoms with Gasteiger partial charge in [-0.1, -0.05) is 19.9 Å². The minimum Gasteiger partial charge on any atom is -0.389 e. The molecule has 1 N–H and O–H groups in total. The first kappa shape index (κ1) is 14.5. The van der Waals surface area contributed by atoms with Gasteiger partial charge in [0.25, 0.3) is 0 Å². The van der Waals surface area contributed by atoms with Crippen LogP contribution in [0.4, 0.5) is 5.82 Å². The van der Waals surface area contributed by atoms with E-state index >= 15 is 0 Å². The number of hydrogen-bond donors (Lipinski definition) is 1. The van der Waals surface area contributed by atoms with Gasteiger partial charge in [-0.05, 0) is 24.5 Å². The number of nitrogens with zero attached hydrogens (tertiary/aromatic N) is 3. The number of aliphatic hydroxyl groups is 1. The van der Waals surface area contributed by atoms with Gasteiger partial charge in [0.1, 0.15) is 5.82 Å². The Bertz CT molecular complexity index is 392. The number of pyridine rings is 1. The van der Waals surface area contributed by atoms with Crippen LogP contribution in [0.1, 0.15) is 38.9 Å². The van der Waals surface area contributed by atoms with Crippen LogP contribution in [0, 0.1) is 17.2 Å². The first-order chi connectivity index (χ1) is 8.54. The number of nitriles is 1. The van der Waals surface area contributed by atoms with Crippen molar-refractivity contribution in [2.24, 2.45) is 5.92 Å². The average molecular weight is 247 g/mol. The van der Waals surface area contributed by atoms with Crippen LogP contribution in [-0.4, -0.2) is 23.2 Å². The van der Waals surface area contributed by atoms with Crippen molar-refractivity contribution in [1.29, 1.82) is 5.26 Å². The van der Waals surface area contributed by atoms with Crippen LogP contribution < -0.4 is 4.90 Å². The van der Waals surface area contributed by atoms with E-state index in [1.54, 1.807) is 13.1 Å². The number of aromatic nitrogens is 1. The maximum absolute atomic E-state index is 9.44. The first-order valence-corrected chi connectivity index (χ1v) is 6.30. The van der Waals surface area contributed by atoms with Crippen molar-refractivity contribution in [2.75, 3.05) is 18.0 Å². The lowest BCUT2D eigenvalue weighted by molar-refractivity contribution is 0.199. The van der Waals surface area contributed by atoms with E-state index in [1.807, 2.05) is 12.1 Å². The second-order valence-electron chi connectivity index (χ2n) is 4.87. The van der Waals surface area contributed by atoms with E-state index in [-0.39, 0.29) is 0 Å². The Balaban J connectivity index is 2.81. The lowest BCUT2D eigenvalue weighted by Gasteiger charge is -2.24. The minimum absolute atomic E-state index is 0.493. The summed E-state index contributed by atoms with van der Waals surface area (Å²) in [5.41, 5.74) is 0.809. The summed E-state index contributed by atoms with van der Waals surface area (Å²) < 4.78 is 0. The molecule has 0 saturated heterocycles. The molecule has 0 radical (unpaired) electrons. The molecule has 0 saturated carbocycles. The summed E-state index contributed by atoms with van der Waals surface area (Å²) in [6, 6.07) is 5.95. The molecule has 1 heterocycles. The number of anilines is 1. The van der Waals surface area contributed by atoms with E-state index in [9.17, 15) is 5.11 Å². The SMILES string of the molecule is CC(C)CN(CCC#N)c1ccc([C@H](C)O)cn1. The highest BCUT2D eigenvalue weighted by molar-refractivity contribution is 5.39. The number of aliphatic hydroxyl groups excluding tert-OH is 1. The quantitative estimate of drug-likeness (QED) is 0.839. The molecule has 0 spiro atoms. The molecule has 0 aliphatic carbocycles. The molecule has 1 aromatic rings. The van der Waals surface area contributed by atoms with Gasteiger partial charge in [0.15, 0.2) is 0 Å². The third-order valence-corrected chi connectivity index (χ3v) is 2.66. The van der Waals surface area contributed by atoms with Crippen molar-refractivity contribution in [3.05, 3.63) is 23.9 Å². The maximum atomic E-state index is 9.44. The molecule has 0 aliphatic rings. The average Bonchev–Trinajstić information content (AvgIpc) is 2.34. The standard InChI is InChI=1S/C14H21N3O/c1-11(2)10-17(8-4-7-15)14-6-5-13(9-16-14)12(3)18/h5-6,9,11-12,18H,4,8,10H2,1-3H3/t12-/m0/s1. The Kier molecular flexibility index (Phi) is 5.60. The summed E-state index contributed by atoms with van der Waals surface area (Å²) in [6.45, 7) is 7.57. The van der Waals surface area contributed by atoms with Gasteiger partial charge < -0.3 is 10.0 Å². The monoisotopic (exact) mass is 247 g/mol. The topological polar surface area (TPSA) is 60.2 Å². The zero-order valence-corrected chi connectivity index (χ0v) is 11.3. The molecule has 0 aromatic carbocycles. The fourth-order valence-corrected chi connectivity index (χ4v) is 1.76. The molecule has 1 atom stereocenters. The van der Waals surface area contributed by atoms with E-state index in [2.05, 4.69) is 29.8 Å². The minimum atomic E-state index is -0.496. The summed E-state index contributed by atoms with van der Waals surface area (Å²) in [7, 11) is 0. The van der Waals surface area contributed by atoms with E-state index in [4.69, 9.17) is 5.26 Å². The Hall–Kier alpha value is -1.60. The van der Waals surface area contributed by atoms with E-state index in [0.717, 1.165) is 17.9 Å². The Morgan fingerprint density at radius 3 is 2.56 bits per heavy atom. The zero-order valence-electron chi connectivity index (χ0n) is 11.3. The molecular weight excluding hydrogens is 226 g/mol. The largest absolute Gasteiger partial charge is 0.389 e. The zero-order chi connectivity index (χ0) is 13.5. The Labute approximate surface area is 109 Å². The van der Waals surface area contributed by atoms with Crippen molar-refractivity contribution in [1.82, 2.24) is 4.98 Å². The lowest BCUT2D eigenvalue weighted by atomic mass is 10.1. The molecule has 0 unspecified atom stereocenters. The normalized spacial score (nSPS) is 12.2. The molecule has 0 bridgehead atoms. The molecule has 4 nitrogen and oxygen atoms in total. The number of hydrogen-bond acceptors (Lipinski definition) is 4. The highest BCUT2D eigenvalue weighted by atomic mass is 16.3. The van der Waals surface area contributed by atoms with Crippen molar-refractivity contribution in [3.63, 3.8) is 0 Å². The lowest BCUT2D eigenvalue weighted by Crippen LogP contribution is -2.29. The highest BCUT2D eigenvalue weighted by Crippen LogP contribution is 2.17. The van der Waals surface area contributed by atoms with Crippen molar-refractivity contribution < 1.29 is 5.11 Å². The van der Waals surface area contributed by atoms with Gasteiger partial charge >= 0.3 is 0 Å². The van der Waals surface area contributed by atoms with Gasteiger partial charge in [-0.2, -0.15) is 5.26 Å². The van der Waals surface area contributed by atoms with Crippen molar-refractivity contribution in [3.8, 4) is 6.07 Å². The van der Waals surface area contributed by atoms with Gasteiger partial charge in [-0.15, -0.1) is 0 Å². The fraction of sp³-hybridized carbons (Fsp3) is 0.571. The fourth-order valence-electron chi connectivity index (χ4n) is 1.76. The van der Waals surface area contributed by atoms with Gasteiger partial charge in [0.05, 0.1) is 18.6 Å². The summed E-state index contributed by atoms with van der Waals surface area (Å²) >= 11 is 0. The van der Waals surface area contributed by atoms with Crippen LogP contribution >= 0.6 is 0 Å². The number of rotatable bonds is 6. The molecule has 18 heavy (non-hydrogen) atoms. The molecule has 0 amide bonds. The molecule has 0 aliphatic heterocycles. The third-order valence-electron chi connectivity index (χ3n) is 2.66. The van der Waals surface area contributed by atoms with Crippen molar-refractivity contribution in [2.45, 2.75) is 33.3 Å². The van der Waals surface area contributed by atoms with Crippen LogP contribution in [-0.2, 0) is 0 Å². The summed E-state index contributed by atoms with van der Waals surface area (Å²) in [6.07, 6.45) is 1.69. The van der Waals surface area contributed by atoms with Crippen LogP contribution in [0.15, 0.2) is 18.3 Å². The van der Waals surface area contributed by atoms with Gasteiger partial charge in [-0.25, -0.2) is 4.98 Å². The molecule has 1 rings (SSSR count). The Morgan fingerprint density at radius 1 is 1.39 bits per heavy atom. The van der Waals surface area contributed by atoms with Gasteiger partial charge in [-0.3, -0.25) is 0 Å². The van der Waals surface area contributed by atoms with Gasteiger partial charge in [0, 0.05) is 19.3 Å². The van der Waals surface area contributed by atoms with Crippen LogP contribution in [0.2, 0.25) is 0 Å². The smallest absolute Gasteiger partial charge is 0.128 e. The van der Waals surface area contributed by atoms with Crippen molar-refractivity contribution >= 4 is 5.82 Å². The summed E-state index contributed by atoms with van der Waals surface area (Å²) in [4.78, 5) is 6.47. The third kappa shape index (κ3) is 4.34.